The number of aryl methyl sites for hydroxylation is 2. The van der Waals surface area contributed by atoms with Gasteiger partial charge in [-0.25, -0.2) is 8.42 Å². The van der Waals surface area contributed by atoms with Gasteiger partial charge in [0.15, 0.2) is 0 Å². The van der Waals surface area contributed by atoms with E-state index in [0.29, 0.717) is 28.6 Å². The Bertz CT molecular complexity index is 1100. The zero-order chi connectivity index (χ0) is 20.3. The van der Waals surface area contributed by atoms with E-state index < -0.39 is 10.0 Å². The molecule has 0 bridgehead atoms. The van der Waals surface area contributed by atoms with Gasteiger partial charge < -0.3 is 9.47 Å². The summed E-state index contributed by atoms with van der Waals surface area (Å²) in [6.07, 6.45) is 0. The van der Waals surface area contributed by atoms with Gasteiger partial charge in [-0.2, -0.15) is 0 Å². The number of hydrogen-bond donors (Lipinski definition) is 1. The molecule has 0 aliphatic carbocycles. The molecule has 3 rings (SSSR count). The summed E-state index contributed by atoms with van der Waals surface area (Å²) in [5.41, 5.74) is 3.13. The normalized spacial score (nSPS) is 11.1. The Morgan fingerprint density at radius 3 is 2.32 bits per heavy atom. The summed E-state index contributed by atoms with van der Waals surface area (Å²) in [4.78, 5) is 0.209. The van der Waals surface area contributed by atoms with Crippen LogP contribution in [0.3, 0.4) is 0 Å². The fourth-order valence-corrected chi connectivity index (χ4v) is 4.17. The summed E-state index contributed by atoms with van der Waals surface area (Å²) in [6.45, 7) is 3.54. The molecule has 0 amide bonds. The molecule has 0 atom stereocenters. The van der Waals surface area contributed by atoms with Gasteiger partial charge in [-0.15, -0.1) is 10.2 Å². The third kappa shape index (κ3) is 4.07. The van der Waals surface area contributed by atoms with Crippen molar-refractivity contribution in [1.29, 1.82) is 0 Å². The highest BCUT2D eigenvalue weighted by atomic mass is 32.2. The van der Waals surface area contributed by atoms with Crippen LogP contribution in [0.4, 0.5) is 5.69 Å². The number of benzene rings is 2. The van der Waals surface area contributed by atoms with Crippen molar-refractivity contribution >= 4 is 15.7 Å². The lowest BCUT2D eigenvalue weighted by Crippen LogP contribution is -2.14. The largest absolute Gasteiger partial charge is 0.496 e. The summed E-state index contributed by atoms with van der Waals surface area (Å²) >= 11 is 0. The minimum absolute atomic E-state index is 0.209. The van der Waals surface area contributed by atoms with Crippen LogP contribution < -0.4 is 14.2 Å². The van der Waals surface area contributed by atoms with E-state index in [9.17, 15) is 8.42 Å². The topological polar surface area (TPSA) is 90.4 Å². The van der Waals surface area contributed by atoms with E-state index in [0.717, 1.165) is 11.1 Å². The minimum Gasteiger partial charge on any atom is -0.496 e. The Labute approximate surface area is 164 Å². The highest BCUT2D eigenvalue weighted by molar-refractivity contribution is 7.92. The molecule has 0 aliphatic rings. The molecule has 1 N–H and O–H groups in total. The lowest BCUT2D eigenvalue weighted by Gasteiger charge is -2.14. The van der Waals surface area contributed by atoms with Crippen LogP contribution in [-0.4, -0.2) is 32.8 Å². The SMILES string of the molecule is COc1ccc(-c2cccc(NS(=O)(=O)c3cc(C)c(OC)cc3C)c2)nn1. The first-order chi connectivity index (χ1) is 13.3. The first-order valence-corrected chi connectivity index (χ1v) is 9.98. The van der Waals surface area contributed by atoms with Crippen LogP contribution in [0.2, 0.25) is 0 Å². The molecular weight excluding hydrogens is 378 g/mol. The molecule has 7 nitrogen and oxygen atoms in total. The van der Waals surface area contributed by atoms with E-state index in [1.54, 1.807) is 63.4 Å². The van der Waals surface area contributed by atoms with Gasteiger partial charge in [0.1, 0.15) is 5.75 Å². The number of nitrogens with zero attached hydrogens (tertiary/aromatic N) is 2. The van der Waals surface area contributed by atoms with Crippen LogP contribution in [0.15, 0.2) is 53.4 Å². The zero-order valence-electron chi connectivity index (χ0n) is 16.1. The summed E-state index contributed by atoms with van der Waals surface area (Å²) < 4.78 is 38.7. The summed E-state index contributed by atoms with van der Waals surface area (Å²) in [5.74, 6) is 1.06. The molecule has 0 spiro atoms. The first-order valence-electron chi connectivity index (χ1n) is 8.50. The number of rotatable bonds is 6. The van der Waals surface area contributed by atoms with Crippen LogP contribution in [0.1, 0.15) is 11.1 Å². The number of methoxy groups -OCH3 is 2. The Balaban J connectivity index is 1.92. The predicted octanol–water partition coefficient (Wildman–Crippen LogP) is 3.58. The molecule has 2 aromatic carbocycles. The Morgan fingerprint density at radius 1 is 0.893 bits per heavy atom. The second-order valence-electron chi connectivity index (χ2n) is 6.23. The molecule has 1 aromatic heterocycles. The van der Waals surface area contributed by atoms with Crippen molar-refractivity contribution in [3.8, 4) is 22.9 Å². The molecule has 0 fully saturated rings. The van der Waals surface area contributed by atoms with Gasteiger partial charge in [-0.3, -0.25) is 4.72 Å². The Morgan fingerprint density at radius 2 is 1.68 bits per heavy atom. The summed E-state index contributed by atoms with van der Waals surface area (Å²) in [6, 6.07) is 13.8. The summed E-state index contributed by atoms with van der Waals surface area (Å²) in [5, 5.41) is 8.03. The van der Waals surface area contributed by atoms with Gasteiger partial charge in [0.25, 0.3) is 10.0 Å². The van der Waals surface area contributed by atoms with E-state index in [1.165, 1.54) is 7.11 Å². The quantitative estimate of drug-likeness (QED) is 0.681. The molecule has 0 aliphatic heterocycles. The maximum atomic E-state index is 12.9. The molecule has 8 heteroatoms. The monoisotopic (exact) mass is 399 g/mol. The van der Waals surface area contributed by atoms with E-state index in [2.05, 4.69) is 14.9 Å². The average Bonchev–Trinajstić information content (AvgIpc) is 2.69. The number of anilines is 1. The average molecular weight is 399 g/mol. The standard InChI is InChI=1S/C20H21N3O4S/c1-13-11-19(14(2)10-18(13)26-3)28(24,25)23-16-7-5-6-15(12-16)17-8-9-20(27-4)22-21-17/h5-12,23H,1-4H3. The molecule has 0 saturated carbocycles. The van der Waals surface area contributed by atoms with Crippen molar-refractivity contribution in [2.24, 2.45) is 0 Å². The van der Waals surface area contributed by atoms with E-state index in [4.69, 9.17) is 9.47 Å². The molecule has 0 saturated heterocycles. The fourth-order valence-electron chi connectivity index (χ4n) is 2.81. The van der Waals surface area contributed by atoms with Crippen molar-refractivity contribution in [2.75, 3.05) is 18.9 Å². The summed E-state index contributed by atoms with van der Waals surface area (Å²) in [7, 11) is -0.690. The smallest absolute Gasteiger partial charge is 0.262 e. The highest BCUT2D eigenvalue weighted by Crippen LogP contribution is 2.28. The number of ether oxygens (including phenoxy) is 2. The van der Waals surface area contributed by atoms with Crippen molar-refractivity contribution in [3.63, 3.8) is 0 Å². The van der Waals surface area contributed by atoms with Gasteiger partial charge in [0.05, 0.1) is 24.8 Å². The van der Waals surface area contributed by atoms with Gasteiger partial charge in [0, 0.05) is 17.3 Å². The minimum atomic E-state index is -3.76. The van der Waals surface area contributed by atoms with Gasteiger partial charge in [-0.05, 0) is 55.3 Å². The van der Waals surface area contributed by atoms with E-state index in [-0.39, 0.29) is 4.90 Å². The molecular formula is C20H21N3O4S. The maximum Gasteiger partial charge on any atom is 0.262 e. The van der Waals surface area contributed by atoms with Crippen LogP contribution in [0, 0.1) is 13.8 Å². The Kier molecular flexibility index (Phi) is 5.51. The van der Waals surface area contributed by atoms with Gasteiger partial charge in [-0.1, -0.05) is 12.1 Å². The molecule has 146 valence electrons. The van der Waals surface area contributed by atoms with Crippen molar-refractivity contribution in [3.05, 3.63) is 59.7 Å². The molecule has 3 aromatic rings. The van der Waals surface area contributed by atoms with Gasteiger partial charge in [0.2, 0.25) is 5.88 Å². The van der Waals surface area contributed by atoms with Crippen LogP contribution in [-0.2, 0) is 10.0 Å². The molecule has 0 unspecified atom stereocenters. The highest BCUT2D eigenvalue weighted by Gasteiger charge is 2.19. The Hall–Kier alpha value is -3.13. The number of nitrogens with one attached hydrogen (secondary N) is 1. The van der Waals surface area contributed by atoms with Gasteiger partial charge >= 0.3 is 0 Å². The first kappa shape index (κ1) is 19.6. The van der Waals surface area contributed by atoms with Crippen molar-refractivity contribution < 1.29 is 17.9 Å². The van der Waals surface area contributed by atoms with Crippen molar-refractivity contribution in [2.45, 2.75) is 18.7 Å². The zero-order valence-corrected chi connectivity index (χ0v) is 16.9. The molecule has 28 heavy (non-hydrogen) atoms. The lowest BCUT2D eigenvalue weighted by molar-refractivity contribution is 0.392. The number of hydrogen-bond acceptors (Lipinski definition) is 6. The van der Waals surface area contributed by atoms with Crippen molar-refractivity contribution in [1.82, 2.24) is 10.2 Å². The maximum absolute atomic E-state index is 12.9. The lowest BCUT2D eigenvalue weighted by atomic mass is 10.1. The molecule has 1 heterocycles. The number of aromatic nitrogens is 2. The third-order valence-electron chi connectivity index (χ3n) is 4.24. The van der Waals surface area contributed by atoms with E-state index >= 15 is 0 Å². The van der Waals surface area contributed by atoms with Crippen LogP contribution in [0.5, 0.6) is 11.6 Å². The van der Waals surface area contributed by atoms with Crippen LogP contribution >= 0.6 is 0 Å². The fraction of sp³-hybridized carbons (Fsp3) is 0.200. The molecule has 0 radical (unpaired) electrons. The predicted molar refractivity (Wildman–Crippen MR) is 107 cm³/mol. The second kappa shape index (κ2) is 7.85. The second-order valence-corrected chi connectivity index (χ2v) is 7.89. The third-order valence-corrected chi connectivity index (χ3v) is 5.76. The van der Waals surface area contributed by atoms with E-state index in [1.807, 2.05) is 6.07 Å². The van der Waals surface area contributed by atoms with Crippen LogP contribution in [0.25, 0.3) is 11.3 Å². The number of sulfonamides is 1.